The number of fused-ring (bicyclic) bond motifs is 1. The maximum Gasteiger partial charge on any atom is 0.306 e. The van der Waals surface area contributed by atoms with Gasteiger partial charge in [0.05, 0.1) is 40.0 Å². The van der Waals surface area contributed by atoms with E-state index in [0.717, 1.165) is 55.1 Å². The van der Waals surface area contributed by atoms with Gasteiger partial charge in [-0.3, -0.25) is 4.79 Å². The van der Waals surface area contributed by atoms with Gasteiger partial charge in [0.1, 0.15) is 23.4 Å². The van der Waals surface area contributed by atoms with Crippen LogP contribution in [0.4, 0.5) is 0 Å². The minimum Gasteiger partial charge on any atom is -0.493 e. The molecule has 0 bridgehead atoms. The Bertz CT molecular complexity index is 1360. The molecule has 0 unspecified atom stereocenters. The third-order valence-electron chi connectivity index (χ3n) is 8.06. The van der Waals surface area contributed by atoms with Crippen LogP contribution in [-0.2, 0) is 14.3 Å². The molecule has 2 heterocycles. The molecular formula is C34H39ClO6. The van der Waals surface area contributed by atoms with Gasteiger partial charge in [-0.1, -0.05) is 31.2 Å². The zero-order valence-electron chi connectivity index (χ0n) is 24.4. The summed E-state index contributed by atoms with van der Waals surface area (Å²) in [5.74, 6) is 2.09. The predicted octanol–water partition coefficient (Wildman–Crippen LogP) is 7.45. The molecule has 2 atom stereocenters. The highest BCUT2D eigenvalue weighted by molar-refractivity contribution is 6.31. The zero-order valence-corrected chi connectivity index (χ0v) is 25.1. The molecule has 2 aromatic carbocycles. The average molecular weight is 579 g/mol. The fourth-order valence-electron chi connectivity index (χ4n) is 5.80. The summed E-state index contributed by atoms with van der Waals surface area (Å²) < 4.78 is 28.6. The number of ether oxygens (including phenoxy) is 5. The van der Waals surface area contributed by atoms with Gasteiger partial charge in [-0.2, -0.15) is 0 Å². The molecule has 7 heteroatoms. The maximum atomic E-state index is 11.8. The molecule has 41 heavy (non-hydrogen) atoms. The summed E-state index contributed by atoms with van der Waals surface area (Å²) in [5.41, 5.74) is 6.66. The molecule has 3 aliphatic rings. The van der Waals surface area contributed by atoms with E-state index in [1.165, 1.54) is 29.4 Å². The first-order chi connectivity index (χ1) is 19.6. The number of carbonyl (C=O) groups excluding carboxylic acids is 1. The Labute approximate surface area is 247 Å². The topological polar surface area (TPSA) is 63.2 Å². The van der Waals surface area contributed by atoms with Crippen molar-refractivity contribution in [2.45, 2.75) is 58.5 Å². The number of allylic oxidation sites excluding steroid dienone is 3. The molecule has 2 aromatic rings. The van der Waals surface area contributed by atoms with Gasteiger partial charge in [0.2, 0.25) is 0 Å². The highest BCUT2D eigenvalue weighted by atomic mass is 35.5. The van der Waals surface area contributed by atoms with E-state index < -0.39 is 0 Å². The van der Waals surface area contributed by atoms with Gasteiger partial charge in [0.25, 0.3) is 0 Å². The monoisotopic (exact) mass is 578 g/mol. The minimum atomic E-state index is -0.242. The minimum absolute atomic E-state index is 0.00854. The quantitative estimate of drug-likeness (QED) is 0.303. The number of rotatable bonds is 8. The number of aryl methyl sites for hydroxylation is 2. The van der Waals surface area contributed by atoms with E-state index >= 15 is 0 Å². The van der Waals surface area contributed by atoms with Crippen LogP contribution in [0.25, 0.3) is 5.57 Å². The number of halogens is 1. The lowest BCUT2D eigenvalue weighted by atomic mass is 9.89. The highest BCUT2D eigenvalue weighted by Crippen LogP contribution is 2.40. The van der Waals surface area contributed by atoms with Gasteiger partial charge >= 0.3 is 5.97 Å². The van der Waals surface area contributed by atoms with Crippen molar-refractivity contribution in [3.05, 3.63) is 81.9 Å². The van der Waals surface area contributed by atoms with Crippen LogP contribution >= 0.6 is 11.6 Å². The molecule has 0 saturated carbocycles. The third-order valence-corrected chi connectivity index (χ3v) is 8.28. The lowest BCUT2D eigenvalue weighted by Crippen LogP contribution is -2.44. The third kappa shape index (κ3) is 6.82. The van der Waals surface area contributed by atoms with Crippen molar-refractivity contribution in [1.29, 1.82) is 0 Å². The smallest absolute Gasteiger partial charge is 0.306 e. The molecule has 0 spiro atoms. The molecule has 0 N–H and O–H groups in total. The fourth-order valence-corrected chi connectivity index (χ4v) is 6.07. The summed E-state index contributed by atoms with van der Waals surface area (Å²) >= 11 is 6.75. The van der Waals surface area contributed by atoms with E-state index in [9.17, 15) is 4.79 Å². The first-order valence-corrected chi connectivity index (χ1v) is 14.6. The molecule has 5 rings (SSSR count). The molecule has 0 radical (unpaired) electrons. The summed E-state index contributed by atoms with van der Waals surface area (Å²) in [7, 11) is 1.40. The van der Waals surface area contributed by atoms with Crippen LogP contribution in [0.15, 0.2) is 59.7 Å². The van der Waals surface area contributed by atoms with Crippen LogP contribution in [0.5, 0.6) is 17.2 Å². The van der Waals surface area contributed by atoms with E-state index in [1.807, 2.05) is 24.3 Å². The number of hydrogen-bond acceptors (Lipinski definition) is 6. The Morgan fingerprint density at radius 1 is 1.12 bits per heavy atom. The van der Waals surface area contributed by atoms with Gasteiger partial charge in [0, 0.05) is 28.0 Å². The molecule has 1 saturated heterocycles. The standard InChI is InChI=1S/C34H39ClO6/c1-21-11-26(35)14-24(33-22(2)12-28(13-23(33)3)40-20-34(4)18-38-19-34)7-6-8-30(21)41-27-9-10-29-25(15-32(36)37-5)17-39-31(29)16-27/h9-14,16,25,30H,1,6-8,15,17-20H2,2-5H3/b24-14+,26-11+/t25-,30-/m1/s1. The van der Waals surface area contributed by atoms with E-state index in [-0.39, 0.29) is 23.4 Å². The number of benzene rings is 2. The molecule has 0 aromatic heterocycles. The van der Waals surface area contributed by atoms with Crippen molar-refractivity contribution < 1.29 is 28.5 Å². The van der Waals surface area contributed by atoms with Gasteiger partial charge in [-0.15, -0.1) is 0 Å². The molecule has 1 aliphatic carbocycles. The lowest BCUT2D eigenvalue weighted by Gasteiger charge is -2.37. The van der Waals surface area contributed by atoms with Gasteiger partial charge < -0.3 is 23.7 Å². The van der Waals surface area contributed by atoms with Crippen molar-refractivity contribution >= 4 is 23.1 Å². The van der Waals surface area contributed by atoms with Gasteiger partial charge in [0.15, 0.2) is 0 Å². The summed E-state index contributed by atoms with van der Waals surface area (Å²) in [6, 6.07) is 10.0. The van der Waals surface area contributed by atoms with E-state index in [4.69, 9.17) is 35.3 Å². The second kappa shape index (κ2) is 12.3. The average Bonchev–Trinajstić information content (AvgIpc) is 3.32. The van der Waals surface area contributed by atoms with E-state index in [1.54, 1.807) is 0 Å². The first kappa shape index (κ1) is 29.3. The van der Waals surface area contributed by atoms with E-state index in [2.05, 4.69) is 45.6 Å². The van der Waals surface area contributed by atoms with Crippen molar-refractivity contribution in [3.8, 4) is 17.2 Å². The van der Waals surface area contributed by atoms with Crippen molar-refractivity contribution in [3.63, 3.8) is 0 Å². The molecule has 0 amide bonds. The summed E-state index contributed by atoms with van der Waals surface area (Å²) in [6.07, 6.45) is 6.59. The lowest BCUT2D eigenvalue weighted by molar-refractivity contribution is -0.141. The van der Waals surface area contributed by atoms with Crippen LogP contribution in [0, 0.1) is 19.3 Å². The molecule has 218 valence electrons. The van der Waals surface area contributed by atoms with E-state index in [0.29, 0.717) is 30.4 Å². The Morgan fingerprint density at radius 3 is 2.56 bits per heavy atom. The summed E-state index contributed by atoms with van der Waals surface area (Å²) in [4.78, 5) is 11.8. The number of hydrogen-bond donors (Lipinski definition) is 0. The van der Waals surface area contributed by atoms with Gasteiger partial charge in [-0.05, 0) is 91.3 Å². The fraction of sp³-hybridized carbons (Fsp3) is 0.441. The Morgan fingerprint density at radius 2 is 1.88 bits per heavy atom. The Kier molecular flexibility index (Phi) is 8.81. The Balaban J connectivity index is 1.27. The van der Waals surface area contributed by atoms with Crippen LogP contribution in [0.1, 0.15) is 60.8 Å². The second-order valence-electron chi connectivity index (χ2n) is 11.8. The van der Waals surface area contributed by atoms with Gasteiger partial charge in [-0.25, -0.2) is 0 Å². The van der Waals surface area contributed by atoms with Crippen molar-refractivity contribution in [1.82, 2.24) is 0 Å². The maximum absolute atomic E-state index is 11.8. The second-order valence-corrected chi connectivity index (χ2v) is 12.2. The SMILES string of the molecule is C=C1/C=C(Cl)\C=C(\c2c(C)cc(OCC3(C)COC3)cc2C)CCC[C@H]1Oc1ccc2c(c1)OC[C@H]2CC(=O)OC. The van der Waals surface area contributed by atoms with Crippen molar-refractivity contribution in [2.75, 3.05) is 33.5 Å². The molecule has 1 fully saturated rings. The molecular weight excluding hydrogens is 540 g/mol. The summed E-state index contributed by atoms with van der Waals surface area (Å²) in [5, 5.41) is 0.625. The van der Waals surface area contributed by atoms with Crippen LogP contribution in [0.2, 0.25) is 0 Å². The number of methoxy groups -OCH3 is 1. The largest absolute Gasteiger partial charge is 0.493 e. The number of carbonyl (C=O) groups is 1. The normalized spacial score (nSPS) is 24.2. The van der Waals surface area contributed by atoms with Crippen LogP contribution < -0.4 is 14.2 Å². The summed E-state index contributed by atoms with van der Waals surface area (Å²) in [6.45, 7) is 13.3. The number of esters is 1. The molecule has 2 aliphatic heterocycles. The molecule has 6 nitrogen and oxygen atoms in total. The predicted molar refractivity (Wildman–Crippen MR) is 161 cm³/mol. The highest BCUT2D eigenvalue weighted by Gasteiger charge is 2.34. The zero-order chi connectivity index (χ0) is 29.1. The van der Waals surface area contributed by atoms with Crippen LogP contribution in [0.3, 0.4) is 0 Å². The Hall–Kier alpha value is -3.22. The van der Waals surface area contributed by atoms with Crippen molar-refractivity contribution in [2.24, 2.45) is 5.41 Å². The first-order valence-electron chi connectivity index (χ1n) is 14.2. The van der Waals surface area contributed by atoms with Crippen LogP contribution in [-0.4, -0.2) is 45.6 Å².